The summed E-state index contributed by atoms with van der Waals surface area (Å²) in [6.45, 7) is 1.86. The molecule has 3 aromatic carbocycles. The number of carbonyl (C=O) groups excluding carboxylic acids is 1. The van der Waals surface area contributed by atoms with Gasteiger partial charge in [-0.15, -0.1) is 0 Å². The number of hydrogen-bond donors (Lipinski definition) is 1. The molecule has 39 heavy (non-hydrogen) atoms. The summed E-state index contributed by atoms with van der Waals surface area (Å²) in [5, 5.41) is 9.31. The van der Waals surface area contributed by atoms with Crippen LogP contribution in [0.15, 0.2) is 95.4 Å². The lowest BCUT2D eigenvalue weighted by Crippen LogP contribution is -2.35. The number of aryl methyl sites for hydroxylation is 1. The highest BCUT2D eigenvalue weighted by molar-refractivity contribution is 5.76. The number of oxazole rings is 1. The molecule has 1 N–H and O–H groups in total. The van der Waals surface area contributed by atoms with E-state index in [9.17, 15) is 14.7 Å². The van der Waals surface area contributed by atoms with Crippen LogP contribution in [-0.4, -0.2) is 46.8 Å². The third-order valence-corrected chi connectivity index (χ3v) is 5.79. The van der Waals surface area contributed by atoms with Crippen molar-refractivity contribution in [1.82, 2.24) is 9.88 Å². The molecule has 0 unspecified atom stereocenters. The van der Waals surface area contributed by atoms with Gasteiger partial charge in [-0.1, -0.05) is 66.7 Å². The lowest BCUT2D eigenvalue weighted by Gasteiger charge is -2.20. The Labute approximate surface area is 227 Å². The second-order valence-corrected chi connectivity index (χ2v) is 8.77. The normalized spacial score (nSPS) is 10.9. The number of carboxylic acids is 1. The number of ether oxygens (including phenoxy) is 2. The topological polar surface area (TPSA) is 102 Å². The van der Waals surface area contributed by atoms with Gasteiger partial charge in [0.05, 0.1) is 12.3 Å². The molecule has 0 saturated heterocycles. The van der Waals surface area contributed by atoms with Crippen molar-refractivity contribution in [3.8, 4) is 17.2 Å². The number of aromatic nitrogens is 1. The van der Waals surface area contributed by atoms with E-state index < -0.39 is 18.6 Å². The summed E-state index contributed by atoms with van der Waals surface area (Å²) in [7, 11) is 0. The lowest BCUT2D eigenvalue weighted by molar-refractivity contribution is -0.138. The van der Waals surface area contributed by atoms with Crippen LogP contribution in [0.5, 0.6) is 5.75 Å². The van der Waals surface area contributed by atoms with Crippen molar-refractivity contribution < 1.29 is 28.6 Å². The van der Waals surface area contributed by atoms with Crippen LogP contribution in [0, 0.1) is 6.92 Å². The predicted molar refractivity (Wildman–Crippen MR) is 147 cm³/mol. The number of carbonyl (C=O) groups is 2. The van der Waals surface area contributed by atoms with Crippen molar-refractivity contribution in [2.24, 2.45) is 0 Å². The standard InChI is InChI=1S/C31H30N2O6/c1-23-28(32-30(39-23)26-14-6-3-7-15-26)17-19-37-27-16-8-12-25(20-27)21-33(22-29(34)35)31(36)38-18-9-13-24-10-4-2-5-11-24/h2-16,20H,17-19,21-22H2,1H3,(H,34,35)/b13-9-. The molecule has 8 heteroatoms. The van der Waals surface area contributed by atoms with Crippen LogP contribution in [0.25, 0.3) is 17.5 Å². The number of benzene rings is 3. The third kappa shape index (κ3) is 8.33. The van der Waals surface area contributed by atoms with E-state index in [2.05, 4.69) is 4.98 Å². The summed E-state index contributed by atoms with van der Waals surface area (Å²) in [4.78, 5) is 29.7. The van der Waals surface area contributed by atoms with Crippen LogP contribution >= 0.6 is 0 Å². The first-order valence-electron chi connectivity index (χ1n) is 12.6. The summed E-state index contributed by atoms with van der Waals surface area (Å²) in [5.41, 5.74) is 3.43. The van der Waals surface area contributed by atoms with E-state index >= 15 is 0 Å². The van der Waals surface area contributed by atoms with Gasteiger partial charge in [0.2, 0.25) is 5.89 Å². The summed E-state index contributed by atoms with van der Waals surface area (Å²) in [6, 6.07) is 26.5. The number of amides is 1. The van der Waals surface area contributed by atoms with Gasteiger partial charge in [-0.2, -0.15) is 0 Å². The maximum atomic E-state index is 12.6. The molecule has 4 rings (SSSR count). The van der Waals surface area contributed by atoms with Crippen molar-refractivity contribution >= 4 is 18.1 Å². The van der Waals surface area contributed by atoms with Gasteiger partial charge in [-0.25, -0.2) is 9.78 Å². The first-order valence-corrected chi connectivity index (χ1v) is 12.6. The van der Waals surface area contributed by atoms with Crippen LogP contribution < -0.4 is 4.74 Å². The number of aliphatic carboxylic acids is 1. The van der Waals surface area contributed by atoms with E-state index in [1.807, 2.05) is 79.7 Å². The van der Waals surface area contributed by atoms with Gasteiger partial charge < -0.3 is 19.0 Å². The monoisotopic (exact) mass is 526 g/mol. The minimum Gasteiger partial charge on any atom is -0.493 e. The van der Waals surface area contributed by atoms with E-state index in [0.717, 1.165) is 33.0 Å². The Morgan fingerprint density at radius 1 is 1.00 bits per heavy atom. The Hall–Kier alpha value is -4.85. The molecule has 0 saturated carbocycles. The van der Waals surface area contributed by atoms with Crippen molar-refractivity contribution in [3.63, 3.8) is 0 Å². The summed E-state index contributed by atoms with van der Waals surface area (Å²) in [6.07, 6.45) is 3.39. The van der Waals surface area contributed by atoms with Crippen LogP contribution in [0.2, 0.25) is 0 Å². The predicted octanol–water partition coefficient (Wildman–Crippen LogP) is 6.01. The summed E-state index contributed by atoms with van der Waals surface area (Å²) >= 11 is 0. The molecular weight excluding hydrogens is 496 g/mol. The maximum absolute atomic E-state index is 12.6. The van der Waals surface area contributed by atoms with E-state index in [4.69, 9.17) is 13.9 Å². The van der Waals surface area contributed by atoms with E-state index in [0.29, 0.717) is 24.7 Å². The number of rotatable bonds is 12. The maximum Gasteiger partial charge on any atom is 0.410 e. The average molecular weight is 527 g/mol. The fourth-order valence-corrected chi connectivity index (χ4v) is 3.89. The molecule has 0 aliphatic rings. The molecule has 0 spiro atoms. The number of carboxylic acid groups (broad SMARTS) is 1. The number of nitrogens with zero attached hydrogens (tertiary/aromatic N) is 2. The highest BCUT2D eigenvalue weighted by Gasteiger charge is 2.19. The van der Waals surface area contributed by atoms with Gasteiger partial charge in [-0.05, 0) is 48.4 Å². The van der Waals surface area contributed by atoms with Crippen LogP contribution in [-0.2, 0) is 22.5 Å². The average Bonchev–Trinajstić information content (AvgIpc) is 3.32. The zero-order chi connectivity index (χ0) is 27.5. The minimum absolute atomic E-state index is 0.0282. The molecule has 0 aliphatic heterocycles. The molecule has 0 fully saturated rings. The van der Waals surface area contributed by atoms with Gasteiger partial charge in [-0.3, -0.25) is 9.69 Å². The van der Waals surface area contributed by atoms with Crippen molar-refractivity contribution in [1.29, 1.82) is 0 Å². The Balaban J connectivity index is 1.31. The molecule has 4 aromatic rings. The van der Waals surface area contributed by atoms with Gasteiger partial charge >= 0.3 is 12.1 Å². The Morgan fingerprint density at radius 2 is 1.74 bits per heavy atom. The number of hydrogen-bond acceptors (Lipinski definition) is 6. The second-order valence-electron chi connectivity index (χ2n) is 8.77. The van der Waals surface area contributed by atoms with Gasteiger partial charge in [0.1, 0.15) is 24.7 Å². The van der Waals surface area contributed by atoms with Gasteiger partial charge in [0, 0.05) is 18.5 Å². The van der Waals surface area contributed by atoms with E-state index in [1.54, 1.807) is 24.3 Å². The second kappa shape index (κ2) is 13.6. The SMILES string of the molecule is Cc1oc(-c2ccccc2)nc1CCOc1cccc(CN(CC(=O)O)C(=O)OC/C=C\c2ccccc2)c1. The van der Waals surface area contributed by atoms with E-state index in [-0.39, 0.29) is 13.2 Å². The molecular formula is C31H30N2O6. The Bertz CT molecular complexity index is 1400. The molecule has 1 amide bonds. The van der Waals surface area contributed by atoms with Crippen molar-refractivity contribution in [2.75, 3.05) is 19.8 Å². The van der Waals surface area contributed by atoms with Gasteiger partial charge in [0.15, 0.2) is 0 Å². The molecule has 0 radical (unpaired) electrons. The van der Waals surface area contributed by atoms with Crippen molar-refractivity contribution in [3.05, 3.63) is 114 Å². The van der Waals surface area contributed by atoms with Crippen molar-refractivity contribution in [2.45, 2.75) is 19.9 Å². The summed E-state index contributed by atoms with van der Waals surface area (Å²) in [5.74, 6) is 0.794. The van der Waals surface area contributed by atoms with Crippen LogP contribution in [0.3, 0.4) is 0 Å². The van der Waals surface area contributed by atoms with Crippen LogP contribution in [0.1, 0.15) is 22.6 Å². The minimum atomic E-state index is -1.13. The molecule has 0 atom stereocenters. The Morgan fingerprint density at radius 3 is 2.49 bits per heavy atom. The first kappa shape index (κ1) is 27.2. The third-order valence-electron chi connectivity index (χ3n) is 5.79. The molecule has 8 nitrogen and oxygen atoms in total. The fourth-order valence-electron chi connectivity index (χ4n) is 3.89. The van der Waals surface area contributed by atoms with Crippen LogP contribution in [0.4, 0.5) is 4.79 Å². The highest BCUT2D eigenvalue weighted by Crippen LogP contribution is 2.22. The molecule has 0 aliphatic carbocycles. The Kier molecular flexibility index (Phi) is 9.50. The summed E-state index contributed by atoms with van der Waals surface area (Å²) < 4.78 is 17.0. The molecule has 1 heterocycles. The molecule has 200 valence electrons. The largest absolute Gasteiger partial charge is 0.493 e. The zero-order valence-electron chi connectivity index (χ0n) is 21.7. The smallest absolute Gasteiger partial charge is 0.410 e. The quantitative estimate of drug-likeness (QED) is 0.241. The zero-order valence-corrected chi connectivity index (χ0v) is 21.7. The molecule has 1 aromatic heterocycles. The molecule has 0 bridgehead atoms. The fraction of sp³-hybridized carbons (Fsp3) is 0.194. The lowest BCUT2D eigenvalue weighted by atomic mass is 10.2. The van der Waals surface area contributed by atoms with Gasteiger partial charge in [0.25, 0.3) is 0 Å². The first-order chi connectivity index (χ1) is 19.0. The highest BCUT2D eigenvalue weighted by atomic mass is 16.6. The van der Waals surface area contributed by atoms with E-state index in [1.165, 1.54) is 0 Å².